The lowest BCUT2D eigenvalue weighted by molar-refractivity contribution is 0.866. The predicted octanol–water partition coefficient (Wildman–Crippen LogP) is 2.01. The molecule has 0 fully saturated rings. The van der Waals surface area contributed by atoms with E-state index in [4.69, 9.17) is 0 Å². The van der Waals surface area contributed by atoms with Gasteiger partial charge in [0.15, 0.2) is 0 Å². The van der Waals surface area contributed by atoms with E-state index in [1.54, 1.807) is 23.5 Å². The van der Waals surface area contributed by atoms with Crippen molar-refractivity contribution in [2.75, 3.05) is 18.0 Å². The first-order valence-corrected chi connectivity index (χ1v) is 6.07. The first kappa shape index (κ1) is 12.3. The highest BCUT2D eigenvalue weighted by Crippen LogP contribution is 2.13. The number of rotatable bonds is 5. The topological polar surface area (TPSA) is 46.3 Å². The van der Waals surface area contributed by atoms with E-state index < -0.39 is 0 Å². The van der Waals surface area contributed by atoms with Crippen molar-refractivity contribution in [3.05, 3.63) is 42.5 Å². The van der Waals surface area contributed by atoms with Crippen molar-refractivity contribution in [1.82, 2.24) is 14.9 Å². The van der Waals surface area contributed by atoms with Gasteiger partial charge in [-0.05, 0) is 31.5 Å². The molecule has 0 unspecified atom stereocenters. The molecule has 2 aromatic rings. The van der Waals surface area contributed by atoms with Crippen LogP contribution in [0.2, 0.25) is 0 Å². The molecule has 0 N–H and O–H groups in total. The van der Waals surface area contributed by atoms with Crippen molar-refractivity contribution in [1.29, 1.82) is 0 Å². The van der Waals surface area contributed by atoms with Gasteiger partial charge in [0, 0.05) is 18.8 Å². The number of hydrogen-bond acceptors (Lipinski definition) is 4. The molecule has 1 heterocycles. The lowest BCUT2D eigenvalue weighted by atomic mass is 10.2. The molecule has 0 amide bonds. The zero-order chi connectivity index (χ0) is 12.8. The van der Waals surface area contributed by atoms with Crippen molar-refractivity contribution < 1.29 is 0 Å². The molecule has 0 aliphatic heterocycles. The highest BCUT2D eigenvalue weighted by molar-refractivity contribution is 5.80. The molecule has 0 aliphatic carbocycles. The van der Waals surface area contributed by atoms with Gasteiger partial charge in [-0.3, -0.25) is 0 Å². The van der Waals surface area contributed by atoms with Crippen LogP contribution in [-0.2, 0) is 0 Å². The van der Waals surface area contributed by atoms with Crippen LogP contribution in [-0.4, -0.2) is 34.2 Å². The lowest BCUT2D eigenvalue weighted by Crippen LogP contribution is -2.21. The van der Waals surface area contributed by atoms with E-state index in [-0.39, 0.29) is 0 Å². The Hall–Kier alpha value is -2.17. The Kier molecular flexibility index (Phi) is 4.06. The molecule has 0 spiro atoms. The SMILES string of the molecule is CCN(CC)c1ccc(/C=N/n2cnnc2)cc1. The Labute approximate surface area is 107 Å². The summed E-state index contributed by atoms with van der Waals surface area (Å²) in [6.07, 6.45) is 4.90. The van der Waals surface area contributed by atoms with Crippen LogP contribution in [0.1, 0.15) is 19.4 Å². The molecule has 0 bridgehead atoms. The average Bonchev–Trinajstić information content (AvgIpc) is 2.92. The van der Waals surface area contributed by atoms with Gasteiger partial charge in [-0.25, -0.2) is 4.68 Å². The van der Waals surface area contributed by atoms with E-state index in [2.05, 4.69) is 58.3 Å². The van der Waals surface area contributed by atoms with E-state index in [9.17, 15) is 0 Å². The third-order valence-corrected chi connectivity index (χ3v) is 2.77. The van der Waals surface area contributed by atoms with Crippen molar-refractivity contribution >= 4 is 11.9 Å². The summed E-state index contributed by atoms with van der Waals surface area (Å²) < 4.78 is 1.57. The summed E-state index contributed by atoms with van der Waals surface area (Å²) in [5.41, 5.74) is 2.29. The minimum atomic E-state index is 1.02. The molecule has 0 saturated carbocycles. The average molecular weight is 243 g/mol. The molecule has 1 aromatic carbocycles. The van der Waals surface area contributed by atoms with Gasteiger partial charge in [0.25, 0.3) is 0 Å². The fourth-order valence-electron chi connectivity index (χ4n) is 1.75. The van der Waals surface area contributed by atoms with E-state index >= 15 is 0 Å². The van der Waals surface area contributed by atoms with E-state index in [1.807, 2.05) is 0 Å². The number of hydrogen-bond donors (Lipinski definition) is 0. The zero-order valence-electron chi connectivity index (χ0n) is 10.7. The Bertz CT molecular complexity index is 483. The molecule has 5 nitrogen and oxygen atoms in total. The second-order valence-corrected chi connectivity index (χ2v) is 3.85. The Morgan fingerprint density at radius 1 is 1.11 bits per heavy atom. The van der Waals surface area contributed by atoms with Crippen molar-refractivity contribution in [3.63, 3.8) is 0 Å². The number of anilines is 1. The van der Waals surface area contributed by atoms with Crippen molar-refractivity contribution in [2.45, 2.75) is 13.8 Å². The Morgan fingerprint density at radius 3 is 2.28 bits per heavy atom. The summed E-state index contributed by atoms with van der Waals surface area (Å²) in [7, 11) is 0. The monoisotopic (exact) mass is 243 g/mol. The van der Waals surface area contributed by atoms with E-state index in [0.717, 1.165) is 18.7 Å². The van der Waals surface area contributed by atoms with Crippen LogP contribution in [0, 0.1) is 0 Å². The third-order valence-electron chi connectivity index (χ3n) is 2.77. The lowest BCUT2D eigenvalue weighted by Gasteiger charge is -2.20. The summed E-state index contributed by atoms with van der Waals surface area (Å²) in [5, 5.41) is 11.6. The number of benzene rings is 1. The van der Waals surface area contributed by atoms with Crippen LogP contribution < -0.4 is 4.90 Å². The summed E-state index contributed by atoms with van der Waals surface area (Å²) >= 11 is 0. The predicted molar refractivity (Wildman–Crippen MR) is 73.0 cm³/mol. The zero-order valence-corrected chi connectivity index (χ0v) is 10.7. The highest BCUT2D eigenvalue weighted by atomic mass is 15.4. The molecule has 0 atom stereocenters. The molecular formula is C13H17N5. The summed E-state index contributed by atoms with van der Waals surface area (Å²) in [5.74, 6) is 0. The second kappa shape index (κ2) is 5.95. The minimum absolute atomic E-state index is 1.02. The van der Waals surface area contributed by atoms with Crippen LogP contribution >= 0.6 is 0 Å². The minimum Gasteiger partial charge on any atom is -0.372 e. The van der Waals surface area contributed by atoms with Crippen LogP contribution in [0.15, 0.2) is 42.0 Å². The normalized spacial score (nSPS) is 11.0. The molecule has 0 saturated heterocycles. The van der Waals surface area contributed by atoms with Gasteiger partial charge < -0.3 is 4.90 Å². The van der Waals surface area contributed by atoms with Crippen LogP contribution in [0.4, 0.5) is 5.69 Å². The first-order chi connectivity index (χ1) is 8.83. The number of aromatic nitrogens is 3. The smallest absolute Gasteiger partial charge is 0.141 e. The largest absolute Gasteiger partial charge is 0.372 e. The van der Waals surface area contributed by atoms with Gasteiger partial charge in [-0.1, -0.05) is 12.1 Å². The second-order valence-electron chi connectivity index (χ2n) is 3.85. The van der Waals surface area contributed by atoms with Crippen LogP contribution in [0.25, 0.3) is 0 Å². The summed E-state index contributed by atoms with van der Waals surface area (Å²) in [6, 6.07) is 8.34. The van der Waals surface area contributed by atoms with Crippen LogP contribution in [0.5, 0.6) is 0 Å². The molecule has 5 heteroatoms. The van der Waals surface area contributed by atoms with Gasteiger partial charge in [-0.15, -0.1) is 10.2 Å². The standard InChI is InChI=1S/C13H17N5/c1-3-17(4-2)13-7-5-12(6-8-13)9-16-18-10-14-15-11-18/h5-11H,3-4H2,1-2H3/b16-9+. The van der Waals surface area contributed by atoms with Gasteiger partial charge >= 0.3 is 0 Å². The Balaban J connectivity index is 2.08. The van der Waals surface area contributed by atoms with Gasteiger partial charge in [0.1, 0.15) is 12.7 Å². The Morgan fingerprint density at radius 2 is 1.72 bits per heavy atom. The van der Waals surface area contributed by atoms with Crippen LogP contribution in [0.3, 0.4) is 0 Å². The molecular weight excluding hydrogens is 226 g/mol. The molecule has 0 aliphatic rings. The molecule has 1 aromatic heterocycles. The highest BCUT2D eigenvalue weighted by Gasteiger charge is 2.00. The fourth-order valence-corrected chi connectivity index (χ4v) is 1.75. The maximum absolute atomic E-state index is 4.20. The molecule has 2 rings (SSSR count). The third kappa shape index (κ3) is 2.94. The van der Waals surface area contributed by atoms with E-state index in [0.29, 0.717) is 0 Å². The van der Waals surface area contributed by atoms with Gasteiger partial charge in [-0.2, -0.15) is 5.10 Å². The molecule has 94 valence electrons. The van der Waals surface area contributed by atoms with Crippen molar-refractivity contribution in [2.24, 2.45) is 5.10 Å². The maximum atomic E-state index is 4.20. The number of nitrogens with zero attached hydrogens (tertiary/aromatic N) is 5. The van der Waals surface area contributed by atoms with Gasteiger partial charge in [0.2, 0.25) is 0 Å². The first-order valence-electron chi connectivity index (χ1n) is 6.07. The van der Waals surface area contributed by atoms with E-state index in [1.165, 1.54) is 5.69 Å². The summed E-state index contributed by atoms with van der Waals surface area (Å²) in [4.78, 5) is 2.31. The maximum Gasteiger partial charge on any atom is 0.141 e. The fraction of sp³-hybridized carbons (Fsp3) is 0.308. The summed E-state index contributed by atoms with van der Waals surface area (Å²) in [6.45, 7) is 6.35. The van der Waals surface area contributed by atoms with Crippen molar-refractivity contribution in [3.8, 4) is 0 Å². The molecule has 18 heavy (non-hydrogen) atoms. The quantitative estimate of drug-likeness (QED) is 0.755. The molecule has 0 radical (unpaired) electrons. The van der Waals surface area contributed by atoms with Gasteiger partial charge in [0.05, 0.1) is 6.21 Å².